The Labute approximate surface area is 111 Å². The molecule has 0 aliphatic carbocycles. The number of benzene rings is 1. The number of nitrogens with zero attached hydrogens (tertiary/aromatic N) is 2. The van der Waals surface area contributed by atoms with E-state index in [0.29, 0.717) is 17.5 Å². The lowest BCUT2D eigenvalue weighted by atomic mass is 9.88. The van der Waals surface area contributed by atoms with E-state index in [-0.39, 0.29) is 22.9 Å². The van der Waals surface area contributed by atoms with Crippen molar-refractivity contribution in [2.75, 3.05) is 0 Å². The largest absolute Gasteiger partial charge is 0.287 e. The lowest BCUT2D eigenvalue weighted by Gasteiger charge is -2.15. The Hall–Kier alpha value is -1.98. The monoisotopic (exact) mass is 265 g/mol. The zero-order valence-electron chi connectivity index (χ0n) is 11.5. The average molecular weight is 265 g/mol. The van der Waals surface area contributed by atoms with E-state index >= 15 is 0 Å². The van der Waals surface area contributed by atoms with Gasteiger partial charge in [-0.15, -0.1) is 0 Å². The quantitative estimate of drug-likeness (QED) is 0.600. The fourth-order valence-electron chi connectivity index (χ4n) is 2.19. The van der Waals surface area contributed by atoms with Crippen molar-refractivity contribution < 1.29 is 9.85 Å². The van der Waals surface area contributed by atoms with E-state index in [4.69, 9.17) is 0 Å². The molecule has 19 heavy (non-hydrogen) atoms. The van der Waals surface area contributed by atoms with Gasteiger partial charge in [-0.2, -0.15) is 0 Å². The highest BCUT2D eigenvalue weighted by atomic mass is 16.6. The van der Waals surface area contributed by atoms with Gasteiger partial charge in [-0.3, -0.25) is 20.2 Å². The minimum absolute atomic E-state index is 0.0221. The first-order chi connectivity index (χ1) is 8.84. The molecule has 0 saturated heterocycles. The number of aryl methyl sites for hydroxylation is 1. The molecule has 0 aromatic heterocycles. The van der Waals surface area contributed by atoms with E-state index in [1.54, 1.807) is 0 Å². The Kier molecular flexibility index (Phi) is 4.58. The first kappa shape index (κ1) is 15.1. The molecule has 103 valence electrons. The van der Waals surface area contributed by atoms with Crippen LogP contribution in [0.25, 0.3) is 0 Å². The van der Waals surface area contributed by atoms with Crippen LogP contribution in [-0.2, 0) is 6.42 Å². The second-order valence-corrected chi connectivity index (χ2v) is 4.52. The Morgan fingerprint density at radius 1 is 1.21 bits per heavy atom. The molecular formula is C13H17N2O4. The molecule has 0 bridgehead atoms. The molecule has 1 aromatic carbocycles. The molecule has 0 aliphatic heterocycles. The molecule has 0 amide bonds. The highest BCUT2D eigenvalue weighted by molar-refractivity contribution is 5.61. The highest BCUT2D eigenvalue weighted by Crippen LogP contribution is 2.39. The van der Waals surface area contributed by atoms with Crippen LogP contribution in [0, 0.1) is 33.2 Å². The number of nitro groups is 2. The molecule has 1 unspecified atom stereocenters. The van der Waals surface area contributed by atoms with Gasteiger partial charge in [0.15, 0.2) is 0 Å². The van der Waals surface area contributed by atoms with E-state index < -0.39 is 9.85 Å². The summed E-state index contributed by atoms with van der Waals surface area (Å²) >= 11 is 0. The summed E-state index contributed by atoms with van der Waals surface area (Å²) in [6, 6.07) is 2.74. The highest BCUT2D eigenvalue weighted by Gasteiger charge is 2.30. The van der Waals surface area contributed by atoms with Crippen molar-refractivity contribution >= 4 is 11.4 Å². The molecular weight excluding hydrogens is 248 g/mol. The predicted octanol–water partition coefficient (Wildman–Crippen LogP) is 3.69. The van der Waals surface area contributed by atoms with Gasteiger partial charge in [0.2, 0.25) is 0 Å². The van der Waals surface area contributed by atoms with Crippen LogP contribution < -0.4 is 0 Å². The van der Waals surface area contributed by atoms with Crippen molar-refractivity contribution in [2.24, 2.45) is 0 Å². The second kappa shape index (κ2) is 5.77. The van der Waals surface area contributed by atoms with Crippen LogP contribution in [0.5, 0.6) is 0 Å². The normalized spacial score (nSPS) is 12.2. The molecule has 0 spiro atoms. The predicted molar refractivity (Wildman–Crippen MR) is 71.4 cm³/mol. The van der Waals surface area contributed by atoms with Crippen LogP contribution in [-0.4, -0.2) is 9.85 Å². The van der Waals surface area contributed by atoms with Crippen LogP contribution in [0.15, 0.2) is 0 Å². The average Bonchev–Trinajstić information content (AvgIpc) is 2.36. The zero-order chi connectivity index (χ0) is 14.7. The molecule has 0 fully saturated rings. The molecule has 1 radical (unpaired) electrons. The third kappa shape index (κ3) is 2.72. The maximum atomic E-state index is 11.3. The Morgan fingerprint density at radius 2 is 1.79 bits per heavy atom. The van der Waals surface area contributed by atoms with Crippen molar-refractivity contribution in [1.29, 1.82) is 0 Å². The zero-order valence-corrected chi connectivity index (χ0v) is 11.5. The van der Waals surface area contributed by atoms with Crippen molar-refractivity contribution in [3.63, 3.8) is 0 Å². The summed E-state index contributed by atoms with van der Waals surface area (Å²) in [7, 11) is 0. The van der Waals surface area contributed by atoms with Crippen LogP contribution in [0.2, 0.25) is 0 Å². The van der Waals surface area contributed by atoms with Crippen LogP contribution in [0.3, 0.4) is 0 Å². The number of hydrogen-bond donors (Lipinski definition) is 0. The molecule has 0 aliphatic rings. The molecule has 6 nitrogen and oxygen atoms in total. The van der Waals surface area contributed by atoms with Gasteiger partial charge in [0, 0.05) is 5.56 Å². The molecule has 1 aromatic rings. The fraction of sp³-hybridized carbons (Fsp3) is 0.538. The number of nitro benzene ring substituents is 2. The molecule has 1 rings (SSSR count). The molecule has 0 saturated carbocycles. The van der Waals surface area contributed by atoms with Crippen LogP contribution in [0.4, 0.5) is 11.4 Å². The Morgan fingerprint density at radius 3 is 2.16 bits per heavy atom. The molecule has 0 heterocycles. The van der Waals surface area contributed by atoms with E-state index in [9.17, 15) is 20.2 Å². The standard InChI is InChI=1S/C13H17N2O4/c1-5-8(3)12-10(6-2)7-11(14(16)17)9(4)13(12)15(18)19/h8H,5-6H2,1-4H3. The van der Waals surface area contributed by atoms with Crippen LogP contribution >= 0.6 is 0 Å². The van der Waals surface area contributed by atoms with Crippen LogP contribution in [0.1, 0.15) is 49.8 Å². The van der Waals surface area contributed by atoms with Gasteiger partial charge >= 0.3 is 0 Å². The summed E-state index contributed by atoms with van der Waals surface area (Å²) in [6.07, 6.45) is 1.22. The first-order valence-corrected chi connectivity index (χ1v) is 6.22. The number of rotatable bonds is 5. The van der Waals surface area contributed by atoms with Gasteiger partial charge in [-0.05, 0) is 31.2 Å². The Bertz CT molecular complexity index is 526. The van der Waals surface area contributed by atoms with Crippen molar-refractivity contribution in [3.05, 3.63) is 43.0 Å². The lowest BCUT2D eigenvalue weighted by Crippen LogP contribution is -2.08. The van der Waals surface area contributed by atoms with E-state index in [0.717, 1.165) is 6.42 Å². The maximum Gasteiger partial charge on any atom is 0.287 e. The van der Waals surface area contributed by atoms with E-state index in [2.05, 4.69) is 6.07 Å². The van der Waals surface area contributed by atoms with Gasteiger partial charge in [0.1, 0.15) is 5.56 Å². The molecule has 6 heteroatoms. The SMILES string of the molecule is CCc1[c]c([N+](=O)[O-])c(C)c([N+](=O)[O-])c1C(C)CC. The minimum Gasteiger partial charge on any atom is -0.258 e. The summed E-state index contributed by atoms with van der Waals surface area (Å²) in [5, 5.41) is 22.2. The topological polar surface area (TPSA) is 86.3 Å². The third-order valence-electron chi connectivity index (χ3n) is 3.38. The lowest BCUT2D eigenvalue weighted by molar-refractivity contribution is -0.396. The second-order valence-electron chi connectivity index (χ2n) is 4.52. The van der Waals surface area contributed by atoms with Gasteiger partial charge in [-0.1, -0.05) is 20.8 Å². The third-order valence-corrected chi connectivity index (χ3v) is 3.38. The van der Waals surface area contributed by atoms with Crippen molar-refractivity contribution in [2.45, 2.75) is 46.5 Å². The van der Waals surface area contributed by atoms with Gasteiger partial charge < -0.3 is 0 Å². The summed E-state index contributed by atoms with van der Waals surface area (Å²) < 4.78 is 0. The van der Waals surface area contributed by atoms with Crippen molar-refractivity contribution in [3.8, 4) is 0 Å². The van der Waals surface area contributed by atoms with E-state index in [1.807, 2.05) is 20.8 Å². The van der Waals surface area contributed by atoms with Gasteiger partial charge in [0.25, 0.3) is 11.4 Å². The van der Waals surface area contributed by atoms with Gasteiger partial charge in [0.05, 0.1) is 15.9 Å². The minimum atomic E-state index is -0.609. The van der Waals surface area contributed by atoms with Crippen molar-refractivity contribution in [1.82, 2.24) is 0 Å². The maximum absolute atomic E-state index is 11.3. The summed E-state index contributed by atoms with van der Waals surface area (Å²) in [5.74, 6) is -0.0221. The number of hydrogen-bond acceptors (Lipinski definition) is 4. The molecule has 1 atom stereocenters. The van der Waals surface area contributed by atoms with Gasteiger partial charge in [-0.25, -0.2) is 0 Å². The summed E-state index contributed by atoms with van der Waals surface area (Å²) in [5.41, 5.74) is 0.811. The Balaban J connectivity index is 3.74. The van der Waals surface area contributed by atoms with E-state index in [1.165, 1.54) is 6.92 Å². The fourth-order valence-corrected chi connectivity index (χ4v) is 2.19. The smallest absolute Gasteiger partial charge is 0.258 e. The molecule has 0 N–H and O–H groups in total. The summed E-state index contributed by atoms with van der Waals surface area (Å²) in [6.45, 7) is 7.06. The summed E-state index contributed by atoms with van der Waals surface area (Å²) in [4.78, 5) is 21.1. The first-order valence-electron chi connectivity index (χ1n) is 6.22.